The number of hydrogen-bond acceptors (Lipinski definition) is 3. The van der Waals surface area contributed by atoms with Crippen LogP contribution in [0.15, 0.2) is 23.2 Å². The van der Waals surface area contributed by atoms with Crippen molar-refractivity contribution < 1.29 is 5.11 Å². The Hall–Kier alpha value is -0.620. The molecule has 1 aliphatic rings. The Morgan fingerprint density at radius 3 is 2.55 bits per heavy atom. The van der Waals surface area contributed by atoms with Crippen LogP contribution in [0.4, 0.5) is 0 Å². The number of hydrogen-bond donors (Lipinski definition) is 2. The van der Waals surface area contributed by atoms with Gasteiger partial charge in [0.25, 0.3) is 0 Å². The number of aliphatic imine (C=N–C) groups is 1. The molecular formula is C13H17Cl2N3OS. The summed E-state index contributed by atoms with van der Waals surface area (Å²) >= 11 is 14.0. The first-order valence-corrected chi connectivity index (χ1v) is 8.25. The van der Waals surface area contributed by atoms with Gasteiger partial charge in [-0.05, 0) is 12.1 Å². The second kappa shape index (κ2) is 7.41. The molecule has 0 radical (unpaired) electrons. The average Bonchev–Trinajstić information content (AvgIpc) is 2.45. The van der Waals surface area contributed by atoms with Gasteiger partial charge in [-0.25, -0.2) is 0 Å². The lowest BCUT2D eigenvalue weighted by Crippen LogP contribution is -2.42. The highest BCUT2D eigenvalue weighted by Gasteiger charge is 2.16. The number of thioether (sulfide) groups is 1. The lowest BCUT2D eigenvalue weighted by atomic mass is 10.1. The first kappa shape index (κ1) is 15.8. The molecule has 1 atom stereocenters. The third kappa shape index (κ3) is 3.95. The van der Waals surface area contributed by atoms with E-state index in [1.54, 1.807) is 18.2 Å². The molecule has 1 aliphatic heterocycles. The average molecular weight is 334 g/mol. The summed E-state index contributed by atoms with van der Waals surface area (Å²) in [5, 5.41) is 11.1. The van der Waals surface area contributed by atoms with Gasteiger partial charge in [-0.15, -0.1) is 0 Å². The zero-order valence-electron chi connectivity index (χ0n) is 10.9. The summed E-state index contributed by atoms with van der Waals surface area (Å²) in [6, 6.07) is 5.13. The maximum absolute atomic E-state index is 10.2. The Morgan fingerprint density at radius 2 is 1.95 bits per heavy atom. The molecule has 1 aromatic carbocycles. The molecule has 2 rings (SSSR count). The number of benzene rings is 1. The van der Waals surface area contributed by atoms with Crippen LogP contribution in [-0.4, -0.2) is 47.1 Å². The van der Waals surface area contributed by atoms with Gasteiger partial charge in [0.05, 0.1) is 6.54 Å². The number of aliphatic hydroxyl groups is 1. The third-order valence-corrected chi connectivity index (χ3v) is 4.70. The molecule has 0 saturated carbocycles. The smallest absolute Gasteiger partial charge is 0.191 e. The highest BCUT2D eigenvalue weighted by Crippen LogP contribution is 2.30. The molecule has 1 fully saturated rings. The van der Waals surface area contributed by atoms with Crippen molar-refractivity contribution in [1.82, 2.24) is 4.90 Å². The summed E-state index contributed by atoms with van der Waals surface area (Å²) in [5.74, 6) is 2.57. The van der Waals surface area contributed by atoms with Gasteiger partial charge < -0.3 is 15.7 Å². The summed E-state index contributed by atoms with van der Waals surface area (Å²) in [6.45, 7) is 1.94. The normalized spacial score (nSPS) is 18.1. The number of aliphatic hydroxyl groups excluding tert-OH is 1. The van der Waals surface area contributed by atoms with Crippen molar-refractivity contribution in [2.75, 3.05) is 31.1 Å². The van der Waals surface area contributed by atoms with Crippen molar-refractivity contribution in [3.63, 3.8) is 0 Å². The van der Waals surface area contributed by atoms with Gasteiger partial charge in [-0.1, -0.05) is 29.3 Å². The molecule has 20 heavy (non-hydrogen) atoms. The Kier molecular flexibility index (Phi) is 5.84. The van der Waals surface area contributed by atoms with E-state index in [1.807, 2.05) is 16.7 Å². The second-order valence-electron chi connectivity index (χ2n) is 4.45. The van der Waals surface area contributed by atoms with Gasteiger partial charge in [-0.2, -0.15) is 11.8 Å². The zero-order valence-corrected chi connectivity index (χ0v) is 13.3. The van der Waals surface area contributed by atoms with E-state index >= 15 is 0 Å². The van der Waals surface area contributed by atoms with Crippen LogP contribution in [0.2, 0.25) is 10.0 Å². The quantitative estimate of drug-likeness (QED) is 0.658. The van der Waals surface area contributed by atoms with Crippen LogP contribution < -0.4 is 5.73 Å². The van der Waals surface area contributed by atoms with Crippen LogP contribution in [0.1, 0.15) is 11.7 Å². The van der Waals surface area contributed by atoms with Gasteiger partial charge >= 0.3 is 0 Å². The van der Waals surface area contributed by atoms with Crippen molar-refractivity contribution in [1.29, 1.82) is 0 Å². The van der Waals surface area contributed by atoms with E-state index in [9.17, 15) is 5.11 Å². The van der Waals surface area contributed by atoms with Gasteiger partial charge in [0.2, 0.25) is 0 Å². The summed E-state index contributed by atoms with van der Waals surface area (Å²) in [4.78, 5) is 6.28. The molecule has 4 nitrogen and oxygen atoms in total. The molecule has 0 spiro atoms. The predicted molar refractivity (Wildman–Crippen MR) is 86.8 cm³/mol. The Bertz CT molecular complexity index is 472. The fourth-order valence-corrected chi connectivity index (χ4v) is 3.55. The zero-order chi connectivity index (χ0) is 14.5. The highest BCUT2D eigenvalue weighted by atomic mass is 35.5. The summed E-state index contributed by atoms with van der Waals surface area (Å²) in [5.41, 5.74) is 6.44. The van der Waals surface area contributed by atoms with Crippen molar-refractivity contribution in [2.24, 2.45) is 10.7 Å². The van der Waals surface area contributed by atoms with E-state index in [4.69, 9.17) is 28.9 Å². The highest BCUT2D eigenvalue weighted by molar-refractivity contribution is 7.99. The fourth-order valence-electron chi connectivity index (χ4n) is 1.99. The minimum absolute atomic E-state index is 0.152. The van der Waals surface area contributed by atoms with Crippen molar-refractivity contribution in [3.05, 3.63) is 33.8 Å². The van der Waals surface area contributed by atoms with Crippen LogP contribution in [0, 0.1) is 0 Å². The number of rotatable bonds is 3. The molecule has 1 aromatic rings. The lowest BCUT2D eigenvalue weighted by molar-refractivity contribution is 0.187. The number of guanidine groups is 1. The van der Waals surface area contributed by atoms with Crippen molar-refractivity contribution in [2.45, 2.75) is 6.10 Å². The van der Waals surface area contributed by atoms with Crippen LogP contribution >= 0.6 is 35.0 Å². The van der Waals surface area contributed by atoms with E-state index in [2.05, 4.69) is 4.99 Å². The molecular weight excluding hydrogens is 317 g/mol. The third-order valence-electron chi connectivity index (χ3n) is 3.09. The van der Waals surface area contributed by atoms with E-state index < -0.39 is 6.10 Å². The van der Waals surface area contributed by atoms with Crippen LogP contribution in [0.3, 0.4) is 0 Å². The Balaban J connectivity index is 2.02. The summed E-state index contributed by atoms with van der Waals surface area (Å²) < 4.78 is 0. The SMILES string of the molecule is NC(=NCC(O)c1c(Cl)cccc1Cl)N1CCSCC1. The van der Waals surface area contributed by atoms with E-state index in [1.165, 1.54) is 0 Å². The molecule has 1 unspecified atom stereocenters. The molecule has 1 saturated heterocycles. The Morgan fingerprint density at radius 1 is 1.35 bits per heavy atom. The number of nitrogens with two attached hydrogens (primary N) is 1. The minimum Gasteiger partial charge on any atom is -0.386 e. The minimum atomic E-state index is -0.853. The molecule has 0 aliphatic carbocycles. The van der Waals surface area contributed by atoms with Crippen LogP contribution in [0.5, 0.6) is 0 Å². The Labute approximate surface area is 132 Å². The van der Waals surface area contributed by atoms with Crippen molar-refractivity contribution in [3.8, 4) is 0 Å². The molecule has 3 N–H and O–H groups in total. The molecule has 0 amide bonds. The molecule has 0 bridgehead atoms. The van der Waals surface area contributed by atoms with Gasteiger partial charge in [-0.3, -0.25) is 4.99 Å². The maximum Gasteiger partial charge on any atom is 0.191 e. The molecule has 0 aromatic heterocycles. The van der Waals surface area contributed by atoms with Crippen LogP contribution in [-0.2, 0) is 0 Å². The van der Waals surface area contributed by atoms with E-state index in [0.29, 0.717) is 21.6 Å². The largest absolute Gasteiger partial charge is 0.386 e. The first-order valence-electron chi connectivity index (χ1n) is 6.34. The molecule has 1 heterocycles. The molecule has 7 heteroatoms. The van der Waals surface area contributed by atoms with Crippen LogP contribution in [0.25, 0.3) is 0 Å². The summed E-state index contributed by atoms with van der Waals surface area (Å²) in [6.07, 6.45) is -0.853. The lowest BCUT2D eigenvalue weighted by Gasteiger charge is -2.27. The predicted octanol–water partition coefficient (Wildman–Crippen LogP) is 2.39. The number of nitrogens with zero attached hydrogens (tertiary/aromatic N) is 2. The van der Waals surface area contributed by atoms with Gasteiger partial charge in [0.1, 0.15) is 6.10 Å². The summed E-state index contributed by atoms with van der Waals surface area (Å²) in [7, 11) is 0. The van der Waals surface area contributed by atoms with E-state index in [-0.39, 0.29) is 6.54 Å². The van der Waals surface area contributed by atoms with E-state index in [0.717, 1.165) is 24.6 Å². The number of halogens is 2. The topological polar surface area (TPSA) is 61.9 Å². The maximum atomic E-state index is 10.2. The second-order valence-corrected chi connectivity index (χ2v) is 6.49. The van der Waals surface area contributed by atoms with Gasteiger partial charge in [0, 0.05) is 40.2 Å². The van der Waals surface area contributed by atoms with Crippen molar-refractivity contribution >= 4 is 40.9 Å². The standard InChI is InChI=1S/C13H17Cl2N3OS/c14-9-2-1-3-10(15)12(9)11(19)8-17-13(16)18-4-6-20-7-5-18/h1-3,11,19H,4-8H2,(H2,16,17). The molecule has 110 valence electrons. The fraction of sp³-hybridized carbons (Fsp3) is 0.462. The van der Waals surface area contributed by atoms with Gasteiger partial charge in [0.15, 0.2) is 5.96 Å². The first-order chi connectivity index (χ1) is 9.59. The monoisotopic (exact) mass is 333 g/mol.